The van der Waals surface area contributed by atoms with Crippen molar-refractivity contribution in [2.45, 2.75) is 11.8 Å². The van der Waals surface area contributed by atoms with Gasteiger partial charge < -0.3 is 10.1 Å². The molecule has 3 aromatic carbocycles. The van der Waals surface area contributed by atoms with Crippen LogP contribution in [0.5, 0.6) is 5.75 Å². The van der Waals surface area contributed by atoms with Crippen molar-refractivity contribution in [2.24, 2.45) is 0 Å². The Bertz CT molecular complexity index is 1150. The molecule has 0 radical (unpaired) electrons. The molecule has 8 heteroatoms. The van der Waals surface area contributed by atoms with Gasteiger partial charge in [-0.2, -0.15) is 0 Å². The zero-order valence-corrected chi connectivity index (χ0v) is 18.2. The molecule has 3 aromatic rings. The van der Waals surface area contributed by atoms with Gasteiger partial charge in [-0.05, 0) is 49.4 Å². The minimum Gasteiger partial charge on any atom is -0.495 e. The molecule has 0 saturated carbocycles. The molecule has 0 aliphatic heterocycles. The van der Waals surface area contributed by atoms with Gasteiger partial charge in [-0.25, -0.2) is 8.42 Å². The van der Waals surface area contributed by atoms with E-state index in [0.717, 1.165) is 10.0 Å². The predicted molar refractivity (Wildman–Crippen MR) is 117 cm³/mol. The summed E-state index contributed by atoms with van der Waals surface area (Å²) in [4.78, 5) is 12.5. The van der Waals surface area contributed by atoms with Crippen LogP contribution in [0.1, 0.15) is 15.9 Å². The van der Waals surface area contributed by atoms with Crippen LogP contribution in [-0.4, -0.2) is 21.4 Å². The van der Waals surface area contributed by atoms with Gasteiger partial charge in [0.05, 0.1) is 17.7 Å². The first-order valence-corrected chi connectivity index (χ1v) is 10.9. The first kappa shape index (κ1) is 20.9. The predicted octanol–water partition coefficient (Wildman–Crippen LogP) is 4.82. The maximum Gasteiger partial charge on any atom is 0.262 e. The fraction of sp³-hybridized carbons (Fsp3) is 0.0952. The number of aryl methyl sites for hydroxylation is 1. The highest BCUT2D eigenvalue weighted by molar-refractivity contribution is 9.10. The van der Waals surface area contributed by atoms with Crippen LogP contribution in [0, 0.1) is 6.92 Å². The van der Waals surface area contributed by atoms with Crippen LogP contribution in [-0.2, 0) is 10.0 Å². The Morgan fingerprint density at radius 3 is 2.38 bits per heavy atom. The van der Waals surface area contributed by atoms with Crippen molar-refractivity contribution in [3.8, 4) is 5.75 Å². The first-order chi connectivity index (χ1) is 13.8. The van der Waals surface area contributed by atoms with Gasteiger partial charge in [0, 0.05) is 21.8 Å². The summed E-state index contributed by atoms with van der Waals surface area (Å²) in [5.41, 5.74) is 2.31. The van der Waals surface area contributed by atoms with E-state index in [1.807, 2.05) is 25.1 Å². The van der Waals surface area contributed by atoms with Gasteiger partial charge in [0.2, 0.25) is 0 Å². The second-order valence-electron chi connectivity index (χ2n) is 6.30. The van der Waals surface area contributed by atoms with Gasteiger partial charge in [-0.3, -0.25) is 9.52 Å². The minimum atomic E-state index is -3.81. The topological polar surface area (TPSA) is 84.5 Å². The summed E-state index contributed by atoms with van der Waals surface area (Å²) in [5, 5.41) is 2.74. The Morgan fingerprint density at radius 2 is 1.72 bits per heavy atom. The standard InChI is InChI=1S/C21H19BrN2O4S/c1-14-6-8-17(9-7-14)24-29(26,27)18-10-11-19(20(13-18)28-2)23-21(25)15-4-3-5-16(22)12-15/h3-13,24H,1-2H3,(H,23,25). The summed E-state index contributed by atoms with van der Waals surface area (Å²) in [6, 6.07) is 18.2. The molecule has 0 aromatic heterocycles. The van der Waals surface area contributed by atoms with Gasteiger partial charge in [-0.15, -0.1) is 0 Å². The summed E-state index contributed by atoms with van der Waals surface area (Å²) in [6.45, 7) is 1.92. The Labute approximate surface area is 178 Å². The van der Waals surface area contributed by atoms with Crippen molar-refractivity contribution in [3.63, 3.8) is 0 Å². The molecule has 0 aliphatic rings. The number of amides is 1. The van der Waals surface area contributed by atoms with E-state index in [4.69, 9.17) is 4.74 Å². The number of nitrogens with one attached hydrogen (secondary N) is 2. The Morgan fingerprint density at radius 1 is 1.00 bits per heavy atom. The van der Waals surface area contributed by atoms with E-state index in [0.29, 0.717) is 16.9 Å². The SMILES string of the molecule is COc1cc(S(=O)(=O)Nc2ccc(C)cc2)ccc1NC(=O)c1cccc(Br)c1. The first-order valence-electron chi connectivity index (χ1n) is 8.63. The molecule has 150 valence electrons. The van der Waals surface area contributed by atoms with E-state index in [1.165, 1.54) is 25.3 Å². The quantitative estimate of drug-likeness (QED) is 0.536. The van der Waals surface area contributed by atoms with E-state index in [9.17, 15) is 13.2 Å². The summed E-state index contributed by atoms with van der Waals surface area (Å²) in [6.07, 6.45) is 0. The lowest BCUT2D eigenvalue weighted by molar-refractivity contribution is 0.102. The molecule has 0 aliphatic carbocycles. The van der Waals surface area contributed by atoms with Crippen molar-refractivity contribution >= 4 is 43.2 Å². The molecule has 6 nitrogen and oxygen atoms in total. The van der Waals surface area contributed by atoms with Crippen LogP contribution in [0.25, 0.3) is 0 Å². The van der Waals surface area contributed by atoms with E-state index in [-0.39, 0.29) is 16.6 Å². The fourth-order valence-corrected chi connectivity index (χ4v) is 4.07. The highest BCUT2D eigenvalue weighted by Gasteiger charge is 2.18. The van der Waals surface area contributed by atoms with Gasteiger partial charge >= 0.3 is 0 Å². The Kier molecular flexibility index (Phi) is 6.24. The number of hydrogen-bond donors (Lipinski definition) is 2. The molecule has 0 saturated heterocycles. The molecule has 0 bridgehead atoms. The average molecular weight is 475 g/mol. The molecule has 0 fully saturated rings. The number of carbonyl (C=O) groups is 1. The molecular formula is C21H19BrN2O4S. The lowest BCUT2D eigenvalue weighted by Crippen LogP contribution is -2.15. The monoisotopic (exact) mass is 474 g/mol. The van der Waals surface area contributed by atoms with E-state index in [2.05, 4.69) is 26.0 Å². The second kappa shape index (κ2) is 8.67. The van der Waals surface area contributed by atoms with Crippen molar-refractivity contribution in [1.29, 1.82) is 0 Å². The van der Waals surface area contributed by atoms with Crippen LogP contribution in [0.15, 0.2) is 76.1 Å². The van der Waals surface area contributed by atoms with Crippen molar-refractivity contribution in [1.82, 2.24) is 0 Å². The highest BCUT2D eigenvalue weighted by atomic mass is 79.9. The van der Waals surface area contributed by atoms with Gasteiger partial charge in [-0.1, -0.05) is 39.7 Å². The van der Waals surface area contributed by atoms with E-state index in [1.54, 1.807) is 30.3 Å². The third-order valence-electron chi connectivity index (χ3n) is 4.12. The highest BCUT2D eigenvalue weighted by Crippen LogP contribution is 2.29. The van der Waals surface area contributed by atoms with Crippen LogP contribution in [0.3, 0.4) is 0 Å². The number of benzene rings is 3. The van der Waals surface area contributed by atoms with Gasteiger partial charge in [0.1, 0.15) is 5.75 Å². The lowest BCUT2D eigenvalue weighted by atomic mass is 10.2. The maximum atomic E-state index is 12.7. The van der Waals surface area contributed by atoms with Crippen LogP contribution in [0.4, 0.5) is 11.4 Å². The van der Waals surface area contributed by atoms with Gasteiger partial charge in [0.15, 0.2) is 0 Å². The summed E-state index contributed by atoms with van der Waals surface area (Å²) < 4.78 is 34.0. The van der Waals surface area contributed by atoms with Crippen molar-refractivity contribution < 1.29 is 17.9 Å². The van der Waals surface area contributed by atoms with Crippen molar-refractivity contribution in [2.75, 3.05) is 17.1 Å². The lowest BCUT2D eigenvalue weighted by Gasteiger charge is -2.13. The summed E-state index contributed by atoms with van der Waals surface area (Å²) in [7, 11) is -2.40. The molecule has 1 amide bonds. The molecule has 3 rings (SSSR count). The normalized spacial score (nSPS) is 11.0. The molecule has 0 atom stereocenters. The zero-order valence-electron chi connectivity index (χ0n) is 15.8. The van der Waals surface area contributed by atoms with Gasteiger partial charge in [0.25, 0.3) is 15.9 Å². The Hall–Kier alpha value is -2.84. The number of rotatable bonds is 6. The molecular weight excluding hydrogens is 456 g/mol. The van der Waals surface area contributed by atoms with Crippen LogP contribution < -0.4 is 14.8 Å². The average Bonchev–Trinajstić information content (AvgIpc) is 2.69. The number of methoxy groups -OCH3 is 1. The summed E-state index contributed by atoms with van der Waals surface area (Å²) >= 11 is 3.33. The minimum absolute atomic E-state index is 0.0235. The number of sulfonamides is 1. The second-order valence-corrected chi connectivity index (χ2v) is 8.90. The van der Waals surface area contributed by atoms with Crippen LogP contribution in [0.2, 0.25) is 0 Å². The van der Waals surface area contributed by atoms with Crippen LogP contribution >= 0.6 is 15.9 Å². The molecule has 2 N–H and O–H groups in total. The Balaban J connectivity index is 1.84. The molecule has 0 heterocycles. The fourth-order valence-electron chi connectivity index (χ4n) is 2.60. The number of anilines is 2. The molecule has 0 spiro atoms. The molecule has 29 heavy (non-hydrogen) atoms. The smallest absolute Gasteiger partial charge is 0.262 e. The van der Waals surface area contributed by atoms with E-state index >= 15 is 0 Å². The largest absolute Gasteiger partial charge is 0.495 e. The maximum absolute atomic E-state index is 12.7. The molecule has 0 unspecified atom stereocenters. The number of halogens is 1. The summed E-state index contributed by atoms with van der Waals surface area (Å²) in [5.74, 6) is -0.0990. The third kappa shape index (κ3) is 5.16. The third-order valence-corrected chi connectivity index (χ3v) is 5.99. The number of ether oxygens (including phenoxy) is 1. The number of carbonyl (C=O) groups excluding carboxylic acids is 1. The van der Waals surface area contributed by atoms with Crippen molar-refractivity contribution in [3.05, 3.63) is 82.3 Å². The van der Waals surface area contributed by atoms with E-state index < -0.39 is 10.0 Å². The zero-order chi connectivity index (χ0) is 21.0. The number of hydrogen-bond acceptors (Lipinski definition) is 4.